The van der Waals surface area contributed by atoms with E-state index < -0.39 is 5.82 Å². The van der Waals surface area contributed by atoms with Crippen LogP contribution in [0, 0.1) is 5.82 Å². The first-order valence-electron chi connectivity index (χ1n) is 7.54. The Bertz CT molecular complexity index is 868. The molecule has 25 heavy (non-hydrogen) atoms. The van der Waals surface area contributed by atoms with Crippen molar-refractivity contribution in [3.63, 3.8) is 0 Å². The highest BCUT2D eigenvalue weighted by Crippen LogP contribution is 2.32. The molecule has 0 aliphatic rings. The number of nitrogens with zero attached hydrogens (tertiary/aromatic N) is 2. The van der Waals surface area contributed by atoms with Crippen LogP contribution in [0.4, 0.5) is 10.1 Å². The van der Waals surface area contributed by atoms with E-state index in [4.69, 9.17) is 4.74 Å². The molecule has 0 fully saturated rings. The maximum absolute atomic E-state index is 13.6. The number of carbonyl (C=O) groups excluding carboxylic acids is 1. The number of benzene rings is 2. The molecule has 5 nitrogen and oxygen atoms in total. The Balaban J connectivity index is 1.69. The molecule has 7 heteroatoms. The Morgan fingerprint density at radius 1 is 1.28 bits per heavy atom. The fourth-order valence-corrected chi connectivity index (χ4v) is 2.96. The number of anilines is 1. The van der Waals surface area contributed by atoms with Crippen molar-refractivity contribution in [2.75, 3.05) is 11.9 Å². The van der Waals surface area contributed by atoms with Gasteiger partial charge in [0.2, 0.25) is 0 Å². The summed E-state index contributed by atoms with van der Waals surface area (Å²) in [7, 11) is 1.87. The minimum atomic E-state index is -0.427. The highest BCUT2D eigenvalue weighted by Gasteiger charge is 2.12. The van der Waals surface area contributed by atoms with Crippen molar-refractivity contribution >= 4 is 23.4 Å². The molecule has 0 unspecified atom stereocenters. The van der Waals surface area contributed by atoms with Gasteiger partial charge in [0, 0.05) is 24.3 Å². The zero-order valence-corrected chi connectivity index (χ0v) is 14.3. The summed E-state index contributed by atoms with van der Waals surface area (Å²) in [5.41, 5.74) is 0.384. The monoisotopic (exact) mass is 357 g/mol. The molecular weight excluding hydrogens is 341 g/mol. The number of para-hydroxylation sites is 1. The Morgan fingerprint density at radius 3 is 2.80 bits per heavy atom. The molecule has 1 heterocycles. The summed E-state index contributed by atoms with van der Waals surface area (Å²) in [6.07, 6.45) is 3.50. The van der Waals surface area contributed by atoms with E-state index in [1.54, 1.807) is 24.4 Å². The first-order valence-corrected chi connectivity index (χ1v) is 8.36. The molecule has 128 valence electrons. The second kappa shape index (κ2) is 7.85. The van der Waals surface area contributed by atoms with E-state index in [0.717, 1.165) is 5.16 Å². The molecule has 0 atom stereocenters. The maximum atomic E-state index is 13.6. The fraction of sp³-hybridized carbons (Fsp3) is 0.111. The molecule has 1 aromatic heterocycles. The van der Waals surface area contributed by atoms with Gasteiger partial charge in [-0.15, -0.1) is 0 Å². The normalized spacial score (nSPS) is 10.5. The molecule has 1 amide bonds. The maximum Gasteiger partial charge on any atom is 0.262 e. The van der Waals surface area contributed by atoms with Gasteiger partial charge in [0.15, 0.2) is 11.8 Å². The molecule has 3 aromatic rings. The Kier molecular flexibility index (Phi) is 5.35. The summed E-state index contributed by atoms with van der Waals surface area (Å²) < 4.78 is 20.8. The number of amides is 1. The number of hydrogen-bond acceptors (Lipinski definition) is 4. The first kappa shape index (κ1) is 17.0. The average Bonchev–Trinajstić information content (AvgIpc) is 3.01. The van der Waals surface area contributed by atoms with Gasteiger partial charge in [0.1, 0.15) is 11.6 Å². The highest BCUT2D eigenvalue weighted by atomic mass is 32.2. The molecule has 0 saturated carbocycles. The van der Waals surface area contributed by atoms with E-state index in [9.17, 15) is 9.18 Å². The van der Waals surface area contributed by atoms with Crippen LogP contribution in [0.15, 0.2) is 71.0 Å². The van der Waals surface area contributed by atoms with Crippen molar-refractivity contribution in [1.29, 1.82) is 0 Å². The topological polar surface area (TPSA) is 56.2 Å². The Hall–Kier alpha value is -2.80. The summed E-state index contributed by atoms with van der Waals surface area (Å²) in [6, 6.07) is 13.3. The lowest BCUT2D eigenvalue weighted by Crippen LogP contribution is -2.20. The average molecular weight is 357 g/mol. The molecule has 0 radical (unpaired) electrons. The second-order valence-electron chi connectivity index (χ2n) is 5.21. The van der Waals surface area contributed by atoms with E-state index in [0.29, 0.717) is 16.3 Å². The van der Waals surface area contributed by atoms with E-state index >= 15 is 0 Å². The lowest BCUT2D eigenvalue weighted by molar-refractivity contribution is -0.118. The quantitative estimate of drug-likeness (QED) is 0.730. The number of aryl methyl sites for hydroxylation is 1. The number of rotatable bonds is 6. The van der Waals surface area contributed by atoms with Crippen LogP contribution in [0.2, 0.25) is 0 Å². The van der Waals surface area contributed by atoms with Crippen LogP contribution < -0.4 is 10.1 Å². The van der Waals surface area contributed by atoms with Gasteiger partial charge >= 0.3 is 0 Å². The van der Waals surface area contributed by atoms with Gasteiger partial charge in [0.05, 0.1) is 5.69 Å². The molecule has 0 saturated heterocycles. The SMILES string of the molecule is Cn1ccnc1Sc1ccc(F)cc1NC(=O)COc1ccccc1. The largest absolute Gasteiger partial charge is 0.484 e. The third kappa shape index (κ3) is 4.60. The van der Waals surface area contributed by atoms with Crippen LogP contribution in [-0.4, -0.2) is 22.1 Å². The van der Waals surface area contributed by atoms with Gasteiger partial charge in [-0.05, 0) is 42.1 Å². The van der Waals surface area contributed by atoms with E-state index in [-0.39, 0.29) is 12.5 Å². The van der Waals surface area contributed by atoms with Crippen molar-refractivity contribution < 1.29 is 13.9 Å². The van der Waals surface area contributed by atoms with Gasteiger partial charge in [0.25, 0.3) is 5.91 Å². The molecule has 0 spiro atoms. The second-order valence-corrected chi connectivity index (χ2v) is 6.22. The van der Waals surface area contributed by atoms with Crippen LogP contribution in [0.5, 0.6) is 5.75 Å². The van der Waals surface area contributed by atoms with Gasteiger partial charge in [-0.1, -0.05) is 18.2 Å². The third-order valence-electron chi connectivity index (χ3n) is 3.31. The zero-order chi connectivity index (χ0) is 17.6. The van der Waals surface area contributed by atoms with Crippen molar-refractivity contribution in [1.82, 2.24) is 9.55 Å². The van der Waals surface area contributed by atoms with Crippen LogP contribution in [0.1, 0.15) is 0 Å². The molecule has 2 aromatic carbocycles. The van der Waals surface area contributed by atoms with Crippen molar-refractivity contribution in [2.24, 2.45) is 7.05 Å². The van der Waals surface area contributed by atoms with Crippen LogP contribution in [-0.2, 0) is 11.8 Å². The summed E-state index contributed by atoms with van der Waals surface area (Å²) in [5.74, 6) is -0.195. The highest BCUT2D eigenvalue weighted by molar-refractivity contribution is 7.99. The van der Waals surface area contributed by atoms with Gasteiger partial charge in [-0.25, -0.2) is 9.37 Å². The molecule has 3 rings (SSSR count). The van der Waals surface area contributed by atoms with Crippen molar-refractivity contribution in [2.45, 2.75) is 10.1 Å². The molecule has 0 aliphatic heterocycles. The fourth-order valence-electron chi connectivity index (χ4n) is 2.09. The van der Waals surface area contributed by atoms with Crippen LogP contribution in [0.3, 0.4) is 0 Å². The summed E-state index contributed by atoms with van der Waals surface area (Å²) in [4.78, 5) is 17.1. The smallest absolute Gasteiger partial charge is 0.262 e. The van der Waals surface area contributed by atoms with Gasteiger partial charge in [-0.3, -0.25) is 4.79 Å². The lowest BCUT2D eigenvalue weighted by Gasteiger charge is -2.11. The van der Waals surface area contributed by atoms with Crippen LogP contribution in [0.25, 0.3) is 0 Å². The van der Waals surface area contributed by atoms with Crippen molar-refractivity contribution in [3.8, 4) is 5.75 Å². The molecule has 1 N–H and O–H groups in total. The third-order valence-corrected chi connectivity index (χ3v) is 4.46. The number of ether oxygens (including phenoxy) is 1. The number of imidazole rings is 1. The minimum absolute atomic E-state index is 0.160. The molecule has 0 bridgehead atoms. The predicted molar refractivity (Wildman–Crippen MR) is 94.3 cm³/mol. The summed E-state index contributed by atoms with van der Waals surface area (Å²) in [5, 5.41) is 3.43. The predicted octanol–water partition coefficient (Wildman–Crippen LogP) is 3.73. The number of halogens is 1. The van der Waals surface area contributed by atoms with E-state index in [1.807, 2.05) is 36.0 Å². The molecule has 0 aliphatic carbocycles. The van der Waals surface area contributed by atoms with Crippen molar-refractivity contribution in [3.05, 3.63) is 66.7 Å². The lowest BCUT2D eigenvalue weighted by atomic mass is 10.3. The Morgan fingerprint density at radius 2 is 2.08 bits per heavy atom. The Labute approximate surface area is 148 Å². The number of carbonyl (C=O) groups is 1. The number of nitrogens with one attached hydrogen (secondary N) is 1. The summed E-state index contributed by atoms with van der Waals surface area (Å²) in [6.45, 7) is -0.160. The number of aromatic nitrogens is 2. The molecular formula is C18H16FN3O2S. The van der Waals surface area contributed by atoms with Crippen LogP contribution >= 0.6 is 11.8 Å². The van der Waals surface area contributed by atoms with Gasteiger partial charge in [-0.2, -0.15) is 0 Å². The van der Waals surface area contributed by atoms with Gasteiger partial charge < -0.3 is 14.6 Å². The number of hydrogen-bond donors (Lipinski definition) is 1. The minimum Gasteiger partial charge on any atom is -0.484 e. The van der Waals surface area contributed by atoms with E-state index in [2.05, 4.69) is 10.3 Å². The summed E-state index contributed by atoms with van der Waals surface area (Å²) >= 11 is 1.34. The zero-order valence-electron chi connectivity index (χ0n) is 13.5. The first-order chi connectivity index (χ1) is 12.1. The van der Waals surface area contributed by atoms with E-state index in [1.165, 1.54) is 23.9 Å². The standard InChI is InChI=1S/C18H16FN3O2S/c1-22-10-9-20-18(22)25-16-8-7-13(19)11-15(16)21-17(23)12-24-14-5-3-2-4-6-14/h2-11H,12H2,1H3,(H,21,23).